The smallest absolute Gasteiger partial charge is 0.0562 e. The zero-order chi connectivity index (χ0) is 13.4. The molecule has 2 N–H and O–H groups in total. The van der Waals surface area contributed by atoms with E-state index in [1.165, 1.54) is 16.3 Å². The fourth-order valence-corrected chi connectivity index (χ4v) is 3.04. The largest absolute Gasteiger partial charge is 0.328 e. The Bertz CT molecular complexity index is 690. The van der Waals surface area contributed by atoms with E-state index in [1.807, 2.05) is 19.1 Å². The second-order valence-electron chi connectivity index (χ2n) is 5.07. The van der Waals surface area contributed by atoms with Crippen molar-refractivity contribution in [2.75, 3.05) is 0 Å². The van der Waals surface area contributed by atoms with Crippen molar-refractivity contribution in [2.24, 2.45) is 5.73 Å². The average Bonchev–Trinajstić information content (AvgIpc) is 2.43. The van der Waals surface area contributed by atoms with Crippen molar-refractivity contribution in [1.82, 2.24) is 0 Å². The first-order valence-electron chi connectivity index (χ1n) is 6.52. The number of nitrogens with two attached hydrogens (primary N) is 1. The van der Waals surface area contributed by atoms with Crippen LogP contribution in [0.15, 0.2) is 48.5 Å². The number of halogens is 1. The normalized spacial score (nSPS) is 13.0. The van der Waals surface area contributed by atoms with Crippen LogP contribution in [0.3, 0.4) is 0 Å². The molecule has 0 amide bonds. The highest BCUT2D eigenvalue weighted by Gasteiger charge is 2.12. The molecular formula is C17H16ClN. The molecule has 0 fully saturated rings. The Kier molecular flexibility index (Phi) is 3.17. The lowest BCUT2D eigenvalue weighted by molar-refractivity contribution is 0.745. The summed E-state index contributed by atoms with van der Waals surface area (Å²) < 4.78 is 0. The van der Waals surface area contributed by atoms with Crippen molar-refractivity contribution in [2.45, 2.75) is 19.4 Å². The molecule has 1 unspecified atom stereocenters. The van der Waals surface area contributed by atoms with Crippen LogP contribution in [0.2, 0.25) is 5.02 Å². The van der Waals surface area contributed by atoms with E-state index in [-0.39, 0.29) is 6.04 Å². The molecule has 0 heterocycles. The maximum absolute atomic E-state index is 6.55. The summed E-state index contributed by atoms with van der Waals surface area (Å²) in [4.78, 5) is 0. The van der Waals surface area contributed by atoms with Crippen LogP contribution in [0.1, 0.15) is 12.5 Å². The lowest BCUT2D eigenvalue weighted by Crippen LogP contribution is -2.18. The minimum Gasteiger partial charge on any atom is -0.328 e. The molecule has 19 heavy (non-hydrogen) atoms. The quantitative estimate of drug-likeness (QED) is 0.679. The van der Waals surface area contributed by atoms with E-state index >= 15 is 0 Å². The number of fused-ring (bicyclic) bond motifs is 2. The first kappa shape index (κ1) is 12.5. The highest BCUT2D eigenvalue weighted by atomic mass is 35.5. The minimum absolute atomic E-state index is 0.132. The lowest BCUT2D eigenvalue weighted by atomic mass is 9.93. The summed E-state index contributed by atoms with van der Waals surface area (Å²) in [5, 5.41) is 5.48. The molecule has 0 spiro atoms. The summed E-state index contributed by atoms with van der Waals surface area (Å²) in [6, 6.07) is 16.7. The number of hydrogen-bond acceptors (Lipinski definition) is 1. The number of rotatable bonds is 2. The summed E-state index contributed by atoms with van der Waals surface area (Å²) in [6.07, 6.45) is 0.859. The predicted octanol–water partition coefficient (Wildman–Crippen LogP) is 4.54. The monoisotopic (exact) mass is 269 g/mol. The second-order valence-corrected chi connectivity index (χ2v) is 5.44. The van der Waals surface area contributed by atoms with E-state index in [1.54, 1.807) is 0 Å². The molecule has 3 aromatic rings. The van der Waals surface area contributed by atoms with Crippen LogP contribution in [0.4, 0.5) is 0 Å². The maximum atomic E-state index is 6.55. The van der Waals surface area contributed by atoms with Crippen LogP contribution in [0.25, 0.3) is 21.5 Å². The molecule has 0 bridgehead atoms. The Morgan fingerprint density at radius 2 is 1.32 bits per heavy atom. The third-order valence-electron chi connectivity index (χ3n) is 3.50. The van der Waals surface area contributed by atoms with Gasteiger partial charge < -0.3 is 5.73 Å². The van der Waals surface area contributed by atoms with Crippen molar-refractivity contribution < 1.29 is 0 Å². The van der Waals surface area contributed by atoms with Gasteiger partial charge in [-0.05, 0) is 29.7 Å². The Balaban J connectivity index is 2.49. The SMILES string of the molecule is CC(N)Cc1c2ccccc2c(Cl)c2ccccc12. The van der Waals surface area contributed by atoms with Gasteiger partial charge in [-0.15, -0.1) is 0 Å². The molecule has 0 aliphatic rings. The molecule has 0 saturated heterocycles. The van der Waals surface area contributed by atoms with E-state index in [9.17, 15) is 0 Å². The van der Waals surface area contributed by atoms with Gasteiger partial charge in [0.25, 0.3) is 0 Å². The molecule has 0 saturated carbocycles. The first-order chi connectivity index (χ1) is 9.18. The van der Waals surface area contributed by atoms with Crippen LogP contribution < -0.4 is 5.73 Å². The van der Waals surface area contributed by atoms with Crippen LogP contribution in [-0.4, -0.2) is 6.04 Å². The minimum atomic E-state index is 0.132. The Morgan fingerprint density at radius 3 is 1.74 bits per heavy atom. The zero-order valence-electron chi connectivity index (χ0n) is 10.9. The fourth-order valence-electron chi connectivity index (χ4n) is 2.71. The topological polar surface area (TPSA) is 26.0 Å². The van der Waals surface area contributed by atoms with Crippen molar-refractivity contribution >= 4 is 33.1 Å². The van der Waals surface area contributed by atoms with Crippen molar-refractivity contribution in [3.8, 4) is 0 Å². The van der Waals surface area contributed by atoms with E-state index in [0.717, 1.165) is 22.2 Å². The molecule has 1 nitrogen and oxygen atoms in total. The molecule has 0 aromatic heterocycles. The standard InChI is InChI=1S/C17H16ClN/c1-11(19)10-16-12-6-2-4-8-14(12)17(18)15-9-5-3-7-13(15)16/h2-9,11H,10,19H2,1H3. The van der Waals surface area contributed by atoms with Gasteiger partial charge in [0.1, 0.15) is 0 Å². The van der Waals surface area contributed by atoms with Crippen molar-refractivity contribution in [3.63, 3.8) is 0 Å². The molecule has 0 aliphatic heterocycles. The second kappa shape index (κ2) is 4.84. The van der Waals surface area contributed by atoms with Gasteiger partial charge in [-0.1, -0.05) is 60.1 Å². The first-order valence-corrected chi connectivity index (χ1v) is 6.89. The highest BCUT2D eigenvalue weighted by Crippen LogP contribution is 2.36. The number of benzene rings is 3. The van der Waals surface area contributed by atoms with Crippen LogP contribution in [0.5, 0.6) is 0 Å². The van der Waals surface area contributed by atoms with Gasteiger partial charge in [-0.2, -0.15) is 0 Å². The van der Waals surface area contributed by atoms with Gasteiger partial charge in [-0.3, -0.25) is 0 Å². The summed E-state index contributed by atoms with van der Waals surface area (Å²) in [7, 11) is 0. The van der Waals surface area contributed by atoms with Crippen molar-refractivity contribution in [3.05, 3.63) is 59.1 Å². The van der Waals surface area contributed by atoms with Gasteiger partial charge in [0.15, 0.2) is 0 Å². The molecule has 96 valence electrons. The van der Waals surface area contributed by atoms with Gasteiger partial charge in [0.2, 0.25) is 0 Å². The van der Waals surface area contributed by atoms with Gasteiger partial charge in [-0.25, -0.2) is 0 Å². The lowest BCUT2D eigenvalue weighted by Gasteiger charge is -2.15. The van der Waals surface area contributed by atoms with E-state index < -0.39 is 0 Å². The zero-order valence-corrected chi connectivity index (χ0v) is 11.6. The average molecular weight is 270 g/mol. The van der Waals surface area contributed by atoms with Crippen molar-refractivity contribution in [1.29, 1.82) is 0 Å². The molecule has 2 heteroatoms. The maximum Gasteiger partial charge on any atom is 0.0562 e. The van der Waals surface area contributed by atoms with E-state index in [0.29, 0.717) is 0 Å². The molecule has 3 rings (SSSR count). The Hall–Kier alpha value is -1.57. The Morgan fingerprint density at radius 1 is 0.895 bits per heavy atom. The molecular weight excluding hydrogens is 254 g/mol. The van der Waals surface area contributed by atoms with Gasteiger partial charge in [0.05, 0.1) is 5.02 Å². The van der Waals surface area contributed by atoms with Gasteiger partial charge >= 0.3 is 0 Å². The Labute approximate surface area is 118 Å². The summed E-state index contributed by atoms with van der Waals surface area (Å²) in [5.41, 5.74) is 7.31. The van der Waals surface area contributed by atoms with Gasteiger partial charge in [0, 0.05) is 16.8 Å². The third kappa shape index (κ3) is 2.09. The third-order valence-corrected chi connectivity index (χ3v) is 3.91. The summed E-state index contributed by atoms with van der Waals surface area (Å²) in [5.74, 6) is 0. The highest BCUT2D eigenvalue weighted by molar-refractivity contribution is 6.41. The van der Waals surface area contributed by atoms with Crippen LogP contribution in [0, 0.1) is 0 Å². The summed E-state index contributed by atoms with van der Waals surface area (Å²) >= 11 is 6.55. The molecule has 0 radical (unpaired) electrons. The number of hydrogen-bond donors (Lipinski definition) is 1. The van der Waals surface area contributed by atoms with Crippen LogP contribution >= 0.6 is 11.6 Å². The molecule has 0 aliphatic carbocycles. The summed E-state index contributed by atoms with van der Waals surface area (Å²) in [6.45, 7) is 2.04. The predicted molar refractivity (Wildman–Crippen MR) is 83.8 cm³/mol. The molecule has 3 aromatic carbocycles. The fraction of sp³-hybridized carbons (Fsp3) is 0.176. The van der Waals surface area contributed by atoms with E-state index in [4.69, 9.17) is 17.3 Å². The molecule has 1 atom stereocenters. The van der Waals surface area contributed by atoms with E-state index in [2.05, 4.69) is 36.4 Å². The van der Waals surface area contributed by atoms with Crippen LogP contribution in [-0.2, 0) is 6.42 Å².